The highest BCUT2D eigenvalue weighted by molar-refractivity contribution is 7.22. The minimum atomic E-state index is -0.283. The van der Waals surface area contributed by atoms with Crippen molar-refractivity contribution in [3.8, 4) is 0 Å². The Morgan fingerprint density at radius 1 is 1.14 bits per heavy atom. The van der Waals surface area contributed by atoms with Gasteiger partial charge in [-0.1, -0.05) is 59.3 Å². The third-order valence-corrected chi connectivity index (χ3v) is 4.13. The maximum Gasteiger partial charge on any atom is 0.321 e. The monoisotopic (exact) mass is 317 g/mol. The minimum Gasteiger partial charge on any atom is -0.334 e. The molecule has 0 unspecified atom stereocenters. The zero-order chi connectivity index (χ0) is 14.7. The van der Waals surface area contributed by atoms with E-state index in [1.54, 1.807) is 6.07 Å². The molecule has 0 spiro atoms. The number of fused-ring (bicyclic) bond motifs is 1. The second-order valence-corrected chi connectivity index (χ2v) is 5.84. The summed E-state index contributed by atoms with van der Waals surface area (Å²) < 4.78 is 0.945. The number of carbonyl (C=O) groups excluding carboxylic acids is 1. The Labute approximate surface area is 130 Å². The van der Waals surface area contributed by atoms with Crippen molar-refractivity contribution in [2.24, 2.45) is 0 Å². The summed E-state index contributed by atoms with van der Waals surface area (Å²) in [7, 11) is 0. The zero-order valence-corrected chi connectivity index (χ0v) is 12.5. The van der Waals surface area contributed by atoms with Crippen LogP contribution in [0.4, 0.5) is 9.93 Å². The Morgan fingerprint density at radius 2 is 1.95 bits per heavy atom. The van der Waals surface area contributed by atoms with E-state index in [0.29, 0.717) is 22.2 Å². The van der Waals surface area contributed by atoms with Crippen LogP contribution in [0.15, 0.2) is 48.5 Å². The third-order valence-electron chi connectivity index (χ3n) is 2.89. The molecule has 0 atom stereocenters. The van der Waals surface area contributed by atoms with Crippen molar-refractivity contribution in [1.82, 2.24) is 10.3 Å². The standard InChI is InChI=1S/C15H12ClN3OS/c16-11-7-4-8-12-13(11)18-15(21-12)19-14(20)17-9-10-5-2-1-3-6-10/h1-8H,9H2,(H2,17,18,19,20). The molecule has 3 aromatic rings. The second-order valence-electron chi connectivity index (χ2n) is 4.40. The number of anilines is 1. The molecule has 0 bridgehead atoms. The Hall–Kier alpha value is -2.11. The Bertz CT molecular complexity index is 773. The fourth-order valence-corrected chi connectivity index (χ4v) is 3.05. The van der Waals surface area contributed by atoms with Crippen molar-refractivity contribution in [2.45, 2.75) is 6.54 Å². The lowest BCUT2D eigenvalue weighted by atomic mass is 10.2. The number of benzene rings is 2. The van der Waals surface area contributed by atoms with Gasteiger partial charge >= 0.3 is 6.03 Å². The molecule has 4 nitrogen and oxygen atoms in total. The smallest absolute Gasteiger partial charge is 0.321 e. The Balaban J connectivity index is 1.65. The first-order valence-electron chi connectivity index (χ1n) is 6.36. The van der Waals surface area contributed by atoms with E-state index in [0.717, 1.165) is 10.3 Å². The summed E-state index contributed by atoms with van der Waals surface area (Å²) in [4.78, 5) is 16.2. The Morgan fingerprint density at radius 3 is 2.71 bits per heavy atom. The van der Waals surface area contributed by atoms with Gasteiger partial charge < -0.3 is 5.32 Å². The number of rotatable bonds is 3. The van der Waals surface area contributed by atoms with E-state index in [4.69, 9.17) is 11.6 Å². The summed E-state index contributed by atoms with van der Waals surface area (Å²) in [6.45, 7) is 0.471. The number of hydrogen-bond donors (Lipinski definition) is 2. The number of urea groups is 1. The fraction of sp³-hybridized carbons (Fsp3) is 0.0667. The molecule has 1 heterocycles. The second kappa shape index (κ2) is 6.11. The normalized spacial score (nSPS) is 10.5. The van der Waals surface area contributed by atoms with Crippen LogP contribution in [0.5, 0.6) is 0 Å². The Kier molecular flexibility index (Phi) is 4.03. The first-order chi connectivity index (χ1) is 10.2. The summed E-state index contributed by atoms with van der Waals surface area (Å²) in [5.41, 5.74) is 1.75. The highest BCUT2D eigenvalue weighted by Gasteiger charge is 2.09. The maximum absolute atomic E-state index is 11.9. The zero-order valence-electron chi connectivity index (χ0n) is 11.0. The highest BCUT2D eigenvalue weighted by Crippen LogP contribution is 2.30. The number of amides is 2. The number of para-hydroxylation sites is 1. The molecule has 2 N–H and O–H groups in total. The predicted octanol–water partition coefficient (Wildman–Crippen LogP) is 4.27. The number of nitrogens with one attached hydrogen (secondary N) is 2. The number of aromatic nitrogens is 1. The quantitative estimate of drug-likeness (QED) is 0.758. The van der Waals surface area contributed by atoms with Crippen LogP contribution in [0.2, 0.25) is 5.02 Å². The van der Waals surface area contributed by atoms with Crippen molar-refractivity contribution >= 4 is 44.3 Å². The molecule has 0 radical (unpaired) electrons. The van der Waals surface area contributed by atoms with Crippen LogP contribution >= 0.6 is 22.9 Å². The highest BCUT2D eigenvalue weighted by atomic mass is 35.5. The molecule has 106 valence electrons. The molecule has 3 rings (SSSR count). The van der Waals surface area contributed by atoms with Gasteiger partial charge in [0.25, 0.3) is 0 Å². The van der Waals surface area contributed by atoms with Crippen molar-refractivity contribution in [3.63, 3.8) is 0 Å². The number of nitrogens with zero attached hydrogens (tertiary/aromatic N) is 1. The van der Waals surface area contributed by atoms with Crippen molar-refractivity contribution < 1.29 is 4.79 Å². The first-order valence-corrected chi connectivity index (χ1v) is 7.55. The SMILES string of the molecule is O=C(NCc1ccccc1)Nc1nc2c(Cl)cccc2s1. The van der Waals surface area contributed by atoms with E-state index in [2.05, 4.69) is 15.6 Å². The van der Waals surface area contributed by atoms with E-state index < -0.39 is 0 Å². The minimum absolute atomic E-state index is 0.283. The van der Waals surface area contributed by atoms with Gasteiger partial charge in [-0.3, -0.25) is 5.32 Å². The van der Waals surface area contributed by atoms with Crippen LogP contribution in [0, 0.1) is 0 Å². The predicted molar refractivity (Wildman–Crippen MR) is 86.9 cm³/mol. The van der Waals surface area contributed by atoms with Gasteiger partial charge in [-0.15, -0.1) is 0 Å². The lowest BCUT2D eigenvalue weighted by molar-refractivity contribution is 0.251. The molecule has 0 aliphatic carbocycles. The molecular formula is C15H12ClN3OS. The topological polar surface area (TPSA) is 54.0 Å². The van der Waals surface area contributed by atoms with Gasteiger partial charge in [0, 0.05) is 6.54 Å². The summed E-state index contributed by atoms with van der Waals surface area (Å²) in [6, 6.07) is 15.0. The lowest BCUT2D eigenvalue weighted by Crippen LogP contribution is -2.28. The van der Waals surface area contributed by atoms with Gasteiger partial charge in [0.2, 0.25) is 0 Å². The van der Waals surface area contributed by atoms with Crippen LogP contribution in [0.3, 0.4) is 0 Å². The summed E-state index contributed by atoms with van der Waals surface area (Å²) >= 11 is 7.46. The van der Waals surface area contributed by atoms with Gasteiger partial charge in [-0.05, 0) is 17.7 Å². The van der Waals surface area contributed by atoms with Crippen molar-refractivity contribution in [3.05, 3.63) is 59.1 Å². The maximum atomic E-state index is 11.9. The van der Waals surface area contributed by atoms with Gasteiger partial charge in [0.15, 0.2) is 5.13 Å². The molecule has 0 fully saturated rings. The average molecular weight is 318 g/mol. The van der Waals surface area contributed by atoms with E-state index in [9.17, 15) is 4.79 Å². The van der Waals surface area contributed by atoms with Crippen LogP contribution in [-0.2, 0) is 6.54 Å². The first kappa shape index (κ1) is 13.9. The van der Waals surface area contributed by atoms with Gasteiger partial charge in [-0.25, -0.2) is 9.78 Å². The summed E-state index contributed by atoms with van der Waals surface area (Å²) in [5, 5.41) is 6.63. The van der Waals surface area contributed by atoms with E-state index in [1.165, 1.54) is 11.3 Å². The average Bonchev–Trinajstić information content (AvgIpc) is 2.90. The third kappa shape index (κ3) is 3.32. The molecule has 21 heavy (non-hydrogen) atoms. The van der Waals surface area contributed by atoms with Gasteiger partial charge in [-0.2, -0.15) is 0 Å². The lowest BCUT2D eigenvalue weighted by Gasteiger charge is -2.05. The molecule has 0 aliphatic rings. The number of halogens is 1. The van der Waals surface area contributed by atoms with Crippen LogP contribution in [0.1, 0.15) is 5.56 Å². The molecule has 1 aromatic heterocycles. The molecular weight excluding hydrogens is 306 g/mol. The number of hydrogen-bond acceptors (Lipinski definition) is 3. The van der Waals surface area contributed by atoms with Gasteiger partial charge in [0.1, 0.15) is 5.52 Å². The summed E-state index contributed by atoms with van der Waals surface area (Å²) in [5.74, 6) is 0. The molecule has 6 heteroatoms. The molecule has 2 aromatic carbocycles. The molecule has 2 amide bonds. The number of carbonyl (C=O) groups is 1. The van der Waals surface area contributed by atoms with Crippen LogP contribution in [-0.4, -0.2) is 11.0 Å². The summed E-state index contributed by atoms with van der Waals surface area (Å²) in [6.07, 6.45) is 0. The van der Waals surface area contributed by atoms with Crippen molar-refractivity contribution in [2.75, 3.05) is 5.32 Å². The van der Waals surface area contributed by atoms with Crippen LogP contribution < -0.4 is 10.6 Å². The molecule has 0 saturated carbocycles. The molecule has 0 aliphatic heterocycles. The largest absolute Gasteiger partial charge is 0.334 e. The van der Waals surface area contributed by atoms with Gasteiger partial charge in [0.05, 0.1) is 9.72 Å². The van der Waals surface area contributed by atoms with E-state index in [-0.39, 0.29) is 6.03 Å². The molecule has 0 saturated heterocycles. The van der Waals surface area contributed by atoms with E-state index >= 15 is 0 Å². The fourth-order valence-electron chi connectivity index (χ4n) is 1.89. The van der Waals surface area contributed by atoms with Crippen molar-refractivity contribution in [1.29, 1.82) is 0 Å². The van der Waals surface area contributed by atoms with E-state index in [1.807, 2.05) is 42.5 Å². The van der Waals surface area contributed by atoms with Crippen LogP contribution in [0.25, 0.3) is 10.2 Å². The number of thiazole rings is 1.